The van der Waals surface area contributed by atoms with E-state index in [2.05, 4.69) is 44.2 Å². The average Bonchev–Trinajstić information content (AvgIpc) is 2.99. The van der Waals surface area contributed by atoms with E-state index in [4.69, 9.17) is 9.47 Å². The minimum Gasteiger partial charge on any atom is -0.466 e. The predicted molar refractivity (Wildman–Crippen MR) is 173 cm³/mol. The minimum absolute atomic E-state index is 0.0215. The molecule has 0 aliphatic heterocycles. The summed E-state index contributed by atoms with van der Waals surface area (Å²) >= 11 is 0. The maximum Gasteiger partial charge on any atom is 0.305 e. The molecule has 0 N–H and O–H groups in total. The molecule has 4 nitrogen and oxygen atoms in total. The van der Waals surface area contributed by atoms with Crippen molar-refractivity contribution >= 4 is 11.9 Å². The normalized spacial score (nSPS) is 11.2. The number of hydrogen-bond donors (Lipinski definition) is 0. The van der Waals surface area contributed by atoms with E-state index in [1.165, 1.54) is 108 Å². The first-order valence-electron chi connectivity index (χ1n) is 17.5. The van der Waals surface area contributed by atoms with Gasteiger partial charge in [0.1, 0.15) is 0 Å². The molecule has 0 bridgehead atoms. The van der Waals surface area contributed by atoms with Crippen molar-refractivity contribution in [3.8, 4) is 0 Å². The van der Waals surface area contributed by atoms with Crippen LogP contribution >= 0.6 is 0 Å². The van der Waals surface area contributed by atoms with Crippen LogP contribution in [0, 0.1) is 0 Å². The molecule has 0 aromatic heterocycles. The van der Waals surface area contributed by atoms with E-state index in [1.807, 2.05) is 0 Å². The van der Waals surface area contributed by atoms with Crippen LogP contribution in [0.5, 0.6) is 0 Å². The molecule has 0 amide bonds. The smallest absolute Gasteiger partial charge is 0.305 e. The number of hydrogen-bond acceptors (Lipinski definition) is 4. The molecular formula is C37H64O4. The van der Waals surface area contributed by atoms with Crippen LogP contribution in [-0.4, -0.2) is 25.2 Å². The van der Waals surface area contributed by atoms with Crippen molar-refractivity contribution in [1.29, 1.82) is 0 Å². The molecule has 0 aliphatic rings. The standard InChI is InChI=1S/C37H64O4/c1-3-5-7-9-15-24-32-40-36(38)30-22-13-11-18-26-34(35-28-20-17-21-29-35)27-19-12-14-23-31-37(39)41-33-25-16-10-8-6-4-2/h17,20-21,28-29,34H,3-16,18-19,22-27,30-33H2,1-2H3. The lowest BCUT2D eigenvalue weighted by Gasteiger charge is -2.17. The zero-order valence-electron chi connectivity index (χ0n) is 27.0. The lowest BCUT2D eigenvalue weighted by Crippen LogP contribution is -2.06. The summed E-state index contributed by atoms with van der Waals surface area (Å²) in [7, 11) is 0. The SMILES string of the molecule is CCCCCCCCOC(=O)CCCCCCC(CCCCCCC(=O)OCCCCCCCC)c1ccccc1. The Kier molecular flexibility index (Phi) is 25.7. The van der Waals surface area contributed by atoms with Crippen LogP contribution in [0.2, 0.25) is 0 Å². The van der Waals surface area contributed by atoms with Gasteiger partial charge in [0.2, 0.25) is 0 Å². The largest absolute Gasteiger partial charge is 0.466 e. The van der Waals surface area contributed by atoms with Crippen LogP contribution in [0.1, 0.15) is 179 Å². The predicted octanol–water partition coefficient (Wildman–Crippen LogP) is 11.3. The summed E-state index contributed by atoms with van der Waals surface area (Å²) in [4.78, 5) is 24.0. The number of unbranched alkanes of at least 4 members (excludes halogenated alkanes) is 16. The molecule has 0 atom stereocenters. The Balaban J connectivity index is 2.10. The molecule has 41 heavy (non-hydrogen) atoms. The second kappa shape index (κ2) is 28.3. The van der Waals surface area contributed by atoms with Crippen molar-refractivity contribution in [2.24, 2.45) is 0 Å². The molecule has 0 aliphatic carbocycles. The maximum atomic E-state index is 12.0. The third kappa shape index (κ3) is 23.4. The first-order chi connectivity index (χ1) is 20.2. The highest BCUT2D eigenvalue weighted by Gasteiger charge is 2.11. The summed E-state index contributed by atoms with van der Waals surface area (Å²) < 4.78 is 10.8. The third-order valence-corrected chi connectivity index (χ3v) is 8.16. The summed E-state index contributed by atoms with van der Waals surface area (Å²) in [5.74, 6) is 0.555. The molecule has 0 saturated carbocycles. The topological polar surface area (TPSA) is 52.6 Å². The maximum absolute atomic E-state index is 12.0. The summed E-state index contributed by atoms with van der Waals surface area (Å²) in [6, 6.07) is 10.9. The third-order valence-electron chi connectivity index (χ3n) is 8.16. The fraction of sp³-hybridized carbons (Fsp3) is 0.784. The second-order valence-electron chi connectivity index (χ2n) is 12.0. The van der Waals surface area contributed by atoms with Crippen molar-refractivity contribution in [2.75, 3.05) is 13.2 Å². The molecular weight excluding hydrogens is 508 g/mol. The molecule has 0 unspecified atom stereocenters. The highest BCUT2D eigenvalue weighted by atomic mass is 16.5. The van der Waals surface area contributed by atoms with Gasteiger partial charge in [0.05, 0.1) is 13.2 Å². The van der Waals surface area contributed by atoms with Gasteiger partial charge in [-0.25, -0.2) is 0 Å². The van der Waals surface area contributed by atoms with E-state index in [1.54, 1.807) is 0 Å². The molecule has 0 spiro atoms. The molecule has 4 heteroatoms. The lowest BCUT2D eigenvalue weighted by molar-refractivity contribution is -0.144. The van der Waals surface area contributed by atoms with Crippen LogP contribution in [-0.2, 0) is 19.1 Å². The van der Waals surface area contributed by atoms with Gasteiger partial charge in [0.25, 0.3) is 0 Å². The van der Waals surface area contributed by atoms with Gasteiger partial charge in [-0.3, -0.25) is 9.59 Å². The van der Waals surface area contributed by atoms with Crippen molar-refractivity contribution in [2.45, 2.75) is 174 Å². The quantitative estimate of drug-likeness (QED) is 0.0707. The fourth-order valence-corrected chi connectivity index (χ4v) is 5.51. The number of ether oxygens (including phenoxy) is 2. The summed E-state index contributed by atoms with van der Waals surface area (Å²) in [6.07, 6.45) is 27.0. The van der Waals surface area contributed by atoms with Crippen molar-refractivity contribution in [3.05, 3.63) is 35.9 Å². The summed E-state index contributed by atoms with van der Waals surface area (Å²) in [5, 5.41) is 0. The van der Waals surface area contributed by atoms with E-state index in [0.717, 1.165) is 38.5 Å². The Labute approximate surface area is 253 Å². The van der Waals surface area contributed by atoms with E-state index < -0.39 is 0 Å². The molecule has 1 aromatic rings. The van der Waals surface area contributed by atoms with Crippen molar-refractivity contribution < 1.29 is 19.1 Å². The first kappa shape index (κ1) is 37.2. The molecule has 0 fully saturated rings. The molecule has 0 heterocycles. The monoisotopic (exact) mass is 572 g/mol. The van der Waals surface area contributed by atoms with Gasteiger partial charge in [0.15, 0.2) is 0 Å². The molecule has 0 radical (unpaired) electrons. The number of rotatable bonds is 29. The zero-order valence-corrected chi connectivity index (χ0v) is 27.0. The highest BCUT2D eigenvalue weighted by Crippen LogP contribution is 2.28. The number of carbonyl (C=O) groups excluding carboxylic acids is 2. The lowest BCUT2D eigenvalue weighted by atomic mass is 9.88. The number of benzene rings is 1. The van der Waals surface area contributed by atoms with Gasteiger partial charge in [-0.15, -0.1) is 0 Å². The summed E-state index contributed by atoms with van der Waals surface area (Å²) in [6.45, 7) is 5.64. The van der Waals surface area contributed by atoms with E-state index in [0.29, 0.717) is 32.0 Å². The number of carbonyl (C=O) groups is 2. The Morgan fingerprint density at radius 1 is 0.512 bits per heavy atom. The Morgan fingerprint density at radius 3 is 1.37 bits per heavy atom. The minimum atomic E-state index is -0.0215. The summed E-state index contributed by atoms with van der Waals surface area (Å²) in [5.41, 5.74) is 1.45. The van der Waals surface area contributed by atoms with Gasteiger partial charge in [-0.1, -0.05) is 147 Å². The van der Waals surface area contributed by atoms with Crippen LogP contribution in [0.25, 0.3) is 0 Å². The van der Waals surface area contributed by atoms with Gasteiger partial charge >= 0.3 is 11.9 Å². The molecule has 0 saturated heterocycles. The van der Waals surface area contributed by atoms with Crippen molar-refractivity contribution in [3.63, 3.8) is 0 Å². The average molecular weight is 573 g/mol. The van der Waals surface area contributed by atoms with E-state index in [-0.39, 0.29) is 11.9 Å². The molecule has 236 valence electrons. The first-order valence-corrected chi connectivity index (χ1v) is 17.5. The fourth-order valence-electron chi connectivity index (χ4n) is 5.51. The molecule has 1 rings (SSSR count). The Bertz CT molecular complexity index is 675. The van der Waals surface area contributed by atoms with E-state index in [9.17, 15) is 9.59 Å². The number of esters is 2. The zero-order chi connectivity index (χ0) is 29.6. The van der Waals surface area contributed by atoms with Gasteiger partial charge in [-0.2, -0.15) is 0 Å². The Hall–Kier alpha value is -1.84. The van der Waals surface area contributed by atoms with Crippen LogP contribution in [0.15, 0.2) is 30.3 Å². The van der Waals surface area contributed by atoms with Crippen molar-refractivity contribution in [1.82, 2.24) is 0 Å². The van der Waals surface area contributed by atoms with Crippen LogP contribution in [0.4, 0.5) is 0 Å². The van der Waals surface area contributed by atoms with Gasteiger partial charge in [0, 0.05) is 12.8 Å². The second-order valence-corrected chi connectivity index (χ2v) is 12.0. The van der Waals surface area contributed by atoms with Gasteiger partial charge in [-0.05, 0) is 50.0 Å². The van der Waals surface area contributed by atoms with Crippen LogP contribution < -0.4 is 0 Å². The van der Waals surface area contributed by atoms with E-state index >= 15 is 0 Å². The Morgan fingerprint density at radius 2 is 0.902 bits per heavy atom. The highest BCUT2D eigenvalue weighted by molar-refractivity contribution is 5.69. The van der Waals surface area contributed by atoms with Crippen LogP contribution in [0.3, 0.4) is 0 Å². The molecule has 1 aromatic carbocycles. The van der Waals surface area contributed by atoms with Gasteiger partial charge < -0.3 is 9.47 Å².